The van der Waals surface area contributed by atoms with Crippen molar-refractivity contribution in [2.75, 3.05) is 7.05 Å². The van der Waals surface area contributed by atoms with Crippen LogP contribution in [0.15, 0.2) is 45.8 Å². The number of aryl methyl sites for hydroxylation is 2. The van der Waals surface area contributed by atoms with Crippen LogP contribution < -0.4 is 0 Å². The molecule has 0 aliphatic carbocycles. The Morgan fingerprint density at radius 3 is 2.69 bits per heavy atom. The summed E-state index contributed by atoms with van der Waals surface area (Å²) >= 11 is 9.10. The van der Waals surface area contributed by atoms with Crippen LogP contribution in [0.1, 0.15) is 32.3 Å². The van der Waals surface area contributed by atoms with Gasteiger partial charge in [-0.25, -0.2) is 0 Å². The molecule has 0 atom stereocenters. The fourth-order valence-electron chi connectivity index (χ4n) is 2.57. The summed E-state index contributed by atoms with van der Waals surface area (Å²) in [6, 6.07) is 11.5. The van der Waals surface area contributed by atoms with E-state index >= 15 is 0 Å². The highest BCUT2D eigenvalue weighted by atomic mass is 35.5. The number of hydrogen-bond acceptors (Lipinski definition) is 5. The van der Waals surface area contributed by atoms with Crippen LogP contribution in [-0.4, -0.2) is 23.0 Å². The number of halogens is 1. The average Bonchev–Trinajstić information content (AvgIpc) is 3.18. The minimum atomic E-state index is -0.00335. The summed E-state index contributed by atoms with van der Waals surface area (Å²) in [4.78, 5) is 16.7. The standard InChI is InChI=1S/C19H19ClN2O2S2/c1-12-16(13(2)24-21-12)11-25-17-7-5-4-6-15(17)19(23)22(3)10-14-8-9-18(20)26-14/h4-9H,10-11H2,1-3H3. The van der Waals surface area contributed by atoms with Crippen molar-refractivity contribution in [2.24, 2.45) is 0 Å². The van der Waals surface area contributed by atoms with Crippen molar-refractivity contribution in [3.05, 3.63) is 68.2 Å². The van der Waals surface area contributed by atoms with E-state index in [-0.39, 0.29) is 5.91 Å². The van der Waals surface area contributed by atoms with Gasteiger partial charge >= 0.3 is 0 Å². The van der Waals surface area contributed by atoms with Crippen molar-refractivity contribution in [2.45, 2.75) is 31.0 Å². The van der Waals surface area contributed by atoms with Gasteiger partial charge in [0.05, 0.1) is 22.1 Å². The lowest BCUT2D eigenvalue weighted by Gasteiger charge is -2.18. The summed E-state index contributed by atoms with van der Waals surface area (Å²) in [5, 5.41) is 3.99. The molecule has 2 aromatic heterocycles. The zero-order valence-corrected chi connectivity index (χ0v) is 17.2. The SMILES string of the molecule is Cc1noc(C)c1CSc1ccccc1C(=O)N(C)Cc1ccc(Cl)s1. The zero-order valence-electron chi connectivity index (χ0n) is 14.8. The van der Waals surface area contributed by atoms with E-state index in [9.17, 15) is 4.79 Å². The molecule has 0 spiro atoms. The molecule has 3 rings (SSSR count). The molecule has 26 heavy (non-hydrogen) atoms. The topological polar surface area (TPSA) is 46.3 Å². The smallest absolute Gasteiger partial charge is 0.255 e. The van der Waals surface area contributed by atoms with Crippen LogP contribution in [0.2, 0.25) is 4.34 Å². The maximum Gasteiger partial charge on any atom is 0.255 e. The minimum Gasteiger partial charge on any atom is -0.361 e. The Hall–Kier alpha value is -1.76. The number of thiophene rings is 1. The number of rotatable bonds is 6. The lowest BCUT2D eigenvalue weighted by atomic mass is 10.2. The zero-order chi connectivity index (χ0) is 18.7. The lowest BCUT2D eigenvalue weighted by Crippen LogP contribution is -2.26. The predicted molar refractivity (Wildman–Crippen MR) is 107 cm³/mol. The molecule has 0 aliphatic heterocycles. The molecule has 0 unspecified atom stereocenters. The molecule has 3 aromatic rings. The molecule has 1 aromatic carbocycles. The third-order valence-electron chi connectivity index (χ3n) is 4.04. The maximum absolute atomic E-state index is 12.9. The number of benzene rings is 1. The van der Waals surface area contributed by atoms with Crippen LogP contribution in [0.3, 0.4) is 0 Å². The van der Waals surface area contributed by atoms with Crippen molar-refractivity contribution < 1.29 is 9.32 Å². The Morgan fingerprint density at radius 1 is 1.27 bits per heavy atom. The Bertz CT molecular complexity index is 900. The number of carbonyl (C=O) groups excluding carboxylic acids is 1. The van der Waals surface area contributed by atoms with Crippen molar-refractivity contribution in [3.8, 4) is 0 Å². The van der Waals surface area contributed by atoms with E-state index in [1.54, 1.807) is 16.7 Å². The summed E-state index contributed by atoms with van der Waals surface area (Å²) in [5.74, 6) is 1.54. The first-order valence-electron chi connectivity index (χ1n) is 8.09. The molecule has 2 heterocycles. The predicted octanol–water partition coefficient (Wildman–Crippen LogP) is 5.57. The van der Waals surface area contributed by atoms with Crippen molar-refractivity contribution in [3.63, 3.8) is 0 Å². The second-order valence-electron chi connectivity index (χ2n) is 5.95. The molecule has 0 bridgehead atoms. The summed E-state index contributed by atoms with van der Waals surface area (Å²) in [7, 11) is 1.81. The summed E-state index contributed by atoms with van der Waals surface area (Å²) in [6.45, 7) is 4.38. The van der Waals surface area contributed by atoms with Crippen LogP contribution in [0.5, 0.6) is 0 Å². The first-order chi connectivity index (χ1) is 12.5. The van der Waals surface area contributed by atoms with E-state index in [0.29, 0.717) is 12.1 Å². The molecular formula is C19H19ClN2O2S2. The molecular weight excluding hydrogens is 388 g/mol. The van der Waals surface area contributed by atoms with Gasteiger partial charge < -0.3 is 9.42 Å². The minimum absolute atomic E-state index is 0.00335. The van der Waals surface area contributed by atoms with Gasteiger partial charge in [-0.1, -0.05) is 28.9 Å². The maximum atomic E-state index is 12.9. The third-order valence-corrected chi connectivity index (χ3v) is 6.36. The molecule has 0 aliphatic rings. The number of amides is 1. The van der Waals surface area contributed by atoms with Gasteiger partial charge in [-0.05, 0) is 38.1 Å². The van der Waals surface area contributed by atoms with Crippen molar-refractivity contribution >= 4 is 40.6 Å². The van der Waals surface area contributed by atoms with Gasteiger partial charge in [0.25, 0.3) is 5.91 Å². The van der Waals surface area contributed by atoms with Crippen molar-refractivity contribution in [1.82, 2.24) is 10.1 Å². The van der Waals surface area contributed by atoms with Gasteiger partial charge in [-0.15, -0.1) is 23.1 Å². The second-order valence-corrected chi connectivity index (χ2v) is 8.77. The summed E-state index contributed by atoms with van der Waals surface area (Å²) in [6.07, 6.45) is 0. The summed E-state index contributed by atoms with van der Waals surface area (Å²) in [5.41, 5.74) is 2.68. The van der Waals surface area contributed by atoms with Gasteiger partial charge in [-0.2, -0.15) is 0 Å². The number of nitrogens with zero attached hydrogens (tertiary/aromatic N) is 2. The van der Waals surface area contributed by atoms with E-state index < -0.39 is 0 Å². The largest absolute Gasteiger partial charge is 0.361 e. The van der Waals surface area contributed by atoms with Gasteiger partial charge in [0, 0.05) is 28.1 Å². The molecule has 136 valence electrons. The van der Waals surface area contributed by atoms with Gasteiger partial charge in [0.1, 0.15) is 5.76 Å². The Morgan fingerprint density at radius 2 is 2.04 bits per heavy atom. The normalized spacial score (nSPS) is 10.9. The Kier molecular flexibility index (Phi) is 6.06. The highest BCUT2D eigenvalue weighted by Gasteiger charge is 2.18. The molecule has 0 saturated heterocycles. The van der Waals surface area contributed by atoms with Crippen molar-refractivity contribution in [1.29, 1.82) is 0 Å². The molecule has 0 saturated carbocycles. The van der Waals surface area contributed by atoms with Gasteiger partial charge in [-0.3, -0.25) is 4.79 Å². The summed E-state index contributed by atoms with van der Waals surface area (Å²) < 4.78 is 5.95. The quantitative estimate of drug-likeness (QED) is 0.502. The van der Waals surface area contributed by atoms with Crippen LogP contribution in [-0.2, 0) is 12.3 Å². The second kappa shape index (κ2) is 8.29. The van der Waals surface area contributed by atoms with E-state index in [4.69, 9.17) is 16.1 Å². The Balaban J connectivity index is 1.74. The van der Waals surface area contributed by atoms with E-state index in [0.717, 1.165) is 36.9 Å². The first kappa shape index (κ1) is 19.0. The first-order valence-corrected chi connectivity index (χ1v) is 10.3. The third kappa shape index (κ3) is 4.31. The number of carbonyl (C=O) groups is 1. The van der Waals surface area contributed by atoms with Crippen LogP contribution in [0.25, 0.3) is 0 Å². The van der Waals surface area contributed by atoms with Gasteiger partial charge in [0.2, 0.25) is 0 Å². The monoisotopic (exact) mass is 406 g/mol. The molecule has 0 N–H and O–H groups in total. The molecule has 1 amide bonds. The molecule has 4 nitrogen and oxygen atoms in total. The van der Waals surface area contributed by atoms with Gasteiger partial charge in [0.15, 0.2) is 0 Å². The van der Waals surface area contributed by atoms with Crippen LogP contribution in [0.4, 0.5) is 0 Å². The van der Waals surface area contributed by atoms with E-state index in [2.05, 4.69) is 5.16 Å². The van der Waals surface area contributed by atoms with Crippen LogP contribution >= 0.6 is 34.7 Å². The van der Waals surface area contributed by atoms with Crippen LogP contribution in [0, 0.1) is 13.8 Å². The number of thioether (sulfide) groups is 1. The number of hydrogen-bond donors (Lipinski definition) is 0. The fourth-order valence-corrected chi connectivity index (χ4v) is 4.91. The molecule has 0 fully saturated rings. The highest BCUT2D eigenvalue weighted by molar-refractivity contribution is 7.98. The molecule has 7 heteroatoms. The highest BCUT2D eigenvalue weighted by Crippen LogP contribution is 2.30. The average molecular weight is 407 g/mol. The lowest BCUT2D eigenvalue weighted by molar-refractivity contribution is 0.0783. The number of aromatic nitrogens is 1. The fraction of sp³-hybridized carbons (Fsp3) is 0.263. The van der Waals surface area contributed by atoms with E-state index in [1.807, 2.05) is 57.3 Å². The molecule has 0 radical (unpaired) electrons. The Labute approximate surface area is 166 Å². The van der Waals surface area contributed by atoms with E-state index in [1.165, 1.54) is 11.3 Å².